The summed E-state index contributed by atoms with van der Waals surface area (Å²) in [4.78, 5) is 45.5. The second-order valence-corrected chi connectivity index (χ2v) is 12.6. The second kappa shape index (κ2) is 10.4. The van der Waals surface area contributed by atoms with Crippen molar-refractivity contribution >= 4 is 29.5 Å². The van der Waals surface area contributed by atoms with E-state index in [2.05, 4.69) is 10.3 Å². The summed E-state index contributed by atoms with van der Waals surface area (Å²) in [6, 6.07) is 9.45. The molecule has 0 radical (unpaired) electrons. The number of ketones is 2. The third-order valence-corrected chi connectivity index (χ3v) is 8.50. The van der Waals surface area contributed by atoms with Gasteiger partial charge in [-0.05, 0) is 88.5 Å². The second-order valence-electron chi connectivity index (χ2n) is 12.6. The minimum absolute atomic E-state index is 0.0231. The molecule has 0 aliphatic heterocycles. The summed E-state index contributed by atoms with van der Waals surface area (Å²) in [5.74, 6) is -6.78. The van der Waals surface area contributed by atoms with Crippen molar-refractivity contribution in [1.82, 2.24) is 10.2 Å². The highest BCUT2D eigenvalue weighted by Crippen LogP contribution is 2.53. The van der Waals surface area contributed by atoms with Gasteiger partial charge in [-0.15, -0.1) is 0 Å². The highest BCUT2D eigenvalue weighted by molar-refractivity contribution is 6.24. The summed E-state index contributed by atoms with van der Waals surface area (Å²) < 4.78 is 0. The zero-order valence-electron chi connectivity index (χ0n) is 24.7. The molecule has 0 spiro atoms. The normalized spacial score (nSPS) is 25.6. The molecule has 0 saturated carbocycles. The number of amides is 1. The van der Waals surface area contributed by atoms with E-state index >= 15 is 0 Å². The van der Waals surface area contributed by atoms with Crippen LogP contribution in [0, 0.1) is 11.8 Å². The van der Waals surface area contributed by atoms with Gasteiger partial charge in [0, 0.05) is 17.0 Å². The van der Waals surface area contributed by atoms with Crippen LogP contribution in [0.1, 0.15) is 43.1 Å². The average Bonchev–Trinajstić information content (AvgIpc) is 2.90. The number of allylic oxidation sites excluding steroid dienone is 1. The maximum atomic E-state index is 13.9. The van der Waals surface area contributed by atoms with Crippen molar-refractivity contribution in [2.24, 2.45) is 22.6 Å². The van der Waals surface area contributed by atoms with Gasteiger partial charge < -0.3 is 31.5 Å². The van der Waals surface area contributed by atoms with Crippen molar-refractivity contribution in [3.8, 4) is 16.9 Å². The highest BCUT2D eigenvalue weighted by atomic mass is 16.3. The number of hydrogen-bond donors (Lipinski definition) is 6. The number of carbonyl (C=O) groups is 3. The molecule has 7 N–H and O–H groups in total. The van der Waals surface area contributed by atoms with Crippen LogP contribution >= 0.6 is 0 Å². The number of likely N-dealkylation sites (N-methyl/N-ethyl adjacent to an activating group) is 1. The molecular formula is C32H36N4O7. The number of primary amides is 1. The van der Waals surface area contributed by atoms with E-state index in [-0.39, 0.29) is 35.3 Å². The Hall–Kier alpha value is -4.48. The molecule has 0 bridgehead atoms. The number of aliphatic imine (C=N–C) groups is 1. The van der Waals surface area contributed by atoms with Crippen LogP contribution in [-0.4, -0.2) is 80.4 Å². The van der Waals surface area contributed by atoms with Gasteiger partial charge in [0.05, 0.1) is 23.6 Å². The summed E-state index contributed by atoms with van der Waals surface area (Å²) in [7, 11) is 3.19. The number of Topliss-reactive ketones (excluding diaryl/α,β-unsaturated/α-hetero) is 2. The van der Waals surface area contributed by atoms with Crippen molar-refractivity contribution < 1.29 is 34.8 Å². The van der Waals surface area contributed by atoms with Gasteiger partial charge in [0.25, 0.3) is 5.91 Å². The molecule has 0 fully saturated rings. The Morgan fingerprint density at radius 3 is 2.33 bits per heavy atom. The number of hydrogen-bond acceptors (Lipinski definition) is 9. The van der Waals surface area contributed by atoms with E-state index in [1.54, 1.807) is 26.5 Å². The van der Waals surface area contributed by atoms with Crippen LogP contribution in [-0.2, 0) is 16.0 Å². The van der Waals surface area contributed by atoms with Gasteiger partial charge in [0.15, 0.2) is 11.4 Å². The van der Waals surface area contributed by atoms with Crippen molar-refractivity contribution in [3.05, 3.63) is 70.2 Å². The molecule has 226 valence electrons. The van der Waals surface area contributed by atoms with E-state index in [0.29, 0.717) is 16.8 Å². The Morgan fingerprint density at radius 2 is 1.74 bits per heavy atom. The largest absolute Gasteiger partial charge is 0.510 e. The van der Waals surface area contributed by atoms with Crippen LogP contribution in [0.25, 0.3) is 11.1 Å². The van der Waals surface area contributed by atoms with Crippen LogP contribution in [0.15, 0.2) is 64.1 Å². The number of phenols is 1. The molecule has 2 aromatic carbocycles. The Morgan fingerprint density at radius 1 is 1.09 bits per heavy atom. The number of aliphatic hydroxyl groups is 3. The summed E-state index contributed by atoms with van der Waals surface area (Å²) >= 11 is 0. The summed E-state index contributed by atoms with van der Waals surface area (Å²) in [5, 5.41) is 48.1. The SMILES string of the molecule is CN(C)C1C(O)=C(C(N)=O)C(=O)[C@]2(O)C(O)=C3C(=O)c4c(O)ccc(-c5ccc(/N=C\NC(C)(C)C)cc5)c4C[C@@H]3C[C@H]12. The van der Waals surface area contributed by atoms with Gasteiger partial charge in [0.1, 0.15) is 22.8 Å². The zero-order valence-corrected chi connectivity index (χ0v) is 24.7. The lowest BCUT2D eigenvalue weighted by Gasteiger charge is -2.50. The number of aromatic hydroxyl groups is 1. The number of carbonyl (C=O) groups excluding carboxylic acids is 3. The molecule has 0 heterocycles. The predicted molar refractivity (Wildman–Crippen MR) is 160 cm³/mol. The minimum Gasteiger partial charge on any atom is -0.510 e. The topological polar surface area (TPSA) is 186 Å². The minimum atomic E-state index is -2.67. The lowest BCUT2D eigenvalue weighted by Crippen LogP contribution is -2.63. The lowest BCUT2D eigenvalue weighted by molar-refractivity contribution is -0.148. The fourth-order valence-corrected chi connectivity index (χ4v) is 6.55. The standard InChI is InChI=1S/C32H36N4O7/c1-31(2,3)35-14-34-17-8-6-15(7-9-17)18-10-11-21(37)23-19(18)12-16-13-20-25(36(4)5)27(39)24(30(33)42)29(41)32(20,43)28(40)22(16)26(23)38/h6-11,14,16,20,25,37,39-40,43H,12-13H2,1-5H3,(H2,33,42)(H,34,35)/t16-,20-,25?,32-/m1/s1. The molecule has 11 heteroatoms. The predicted octanol–water partition coefficient (Wildman–Crippen LogP) is 2.84. The molecule has 0 saturated heterocycles. The molecule has 1 amide bonds. The number of aliphatic hydroxyl groups excluding tert-OH is 2. The molecule has 1 unspecified atom stereocenters. The van der Waals surface area contributed by atoms with Gasteiger partial charge in [-0.1, -0.05) is 18.2 Å². The number of phenolic OH excluding ortho intramolecular Hbond substituents is 1. The van der Waals surface area contributed by atoms with Crippen molar-refractivity contribution in [1.29, 1.82) is 0 Å². The molecule has 43 heavy (non-hydrogen) atoms. The van der Waals surface area contributed by atoms with E-state index < -0.39 is 58.0 Å². The molecule has 2 aromatic rings. The number of nitrogens with two attached hydrogens (primary N) is 1. The molecule has 3 aliphatic carbocycles. The quantitative estimate of drug-likeness (QED) is 0.174. The van der Waals surface area contributed by atoms with Gasteiger partial charge in [-0.25, -0.2) is 4.99 Å². The monoisotopic (exact) mass is 588 g/mol. The Bertz CT molecular complexity index is 1630. The van der Waals surface area contributed by atoms with Gasteiger partial charge >= 0.3 is 0 Å². The first kappa shape index (κ1) is 30.0. The molecule has 4 atom stereocenters. The summed E-state index contributed by atoms with van der Waals surface area (Å²) in [6.45, 7) is 6.07. The van der Waals surface area contributed by atoms with Gasteiger partial charge in [-0.3, -0.25) is 19.3 Å². The van der Waals surface area contributed by atoms with E-state index in [1.807, 2.05) is 45.0 Å². The first-order chi connectivity index (χ1) is 20.1. The van der Waals surface area contributed by atoms with Crippen LogP contribution in [0.3, 0.4) is 0 Å². The van der Waals surface area contributed by atoms with E-state index in [4.69, 9.17) is 5.73 Å². The van der Waals surface area contributed by atoms with Crippen LogP contribution < -0.4 is 11.1 Å². The zero-order chi connectivity index (χ0) is 31.6. The highest BCUT2D eigenvalue weighted by Gasteiger charge is 2.63. The number of benzene rings is 2. The molecule has 5 rings (SSSR count). The van der Waals surface area contributed by atoms with Crippen molar-refractivity contribution in [2.45, 2.75) is 50.8 Å². The third-order valence-electron chi connectivity index (χ3n) is 8.50. The molecule has 3 aliphatic rings. The van der Waals surface area contributed by atoms with Crippen LogP contribution in [0.5, 0.6) is 5.75 Å². The van der Waals surface area contributed by atoms with Gasteiger partial charge in [0.2, 0.25) is 5.78 Å². The van der Waals surface area contributed by atoms with Crippen molar-refractivity contribution in [3.63, 3.8) is 0 Å². The Balaban J connectivity index is 1.59. The van der Waals surface area contributed by atoms with Gasteiger partial charge in [-0.2, -0.15) is 0 Å². The maximum Gasteiger partial charge on any atom is 0.255 e. The molecule has 0 aromatic heterocycles. The Labute approximate surface area is 249 Å². The number of nitrogens with one attached hydrogen (secondary N) is 1. The smallest absolute Gasteiger partial charge is 0.255 e. The van der Waals surface area contributed by atoms with Crippen molar-refractivity contribution in [2.75, 3.05) is 14.1 Å². The fourth-order valence-electron chi connectivity index (χ4n) is 6.55. The van der Waals surface area contributed by atoms with E-state index in [1.165, 1.54) is 11.0 Å². The molecule has 11 nitrogen and oxygen atoms in total. The van der Waals surface area contributed by atoms with Crippen LogP contribution in [0.2, 0.25) is 0 Å². The molecular weight excluding hydrogens is 552 g/mol. The summed E-state index contributed by atoms with van der Waals surface area (Å²) in [5.41, 5.74) is 4.28. The first-order valence-electron chi connectivity index (χ1n) is 14.0. The number of rotatable bonds is 5. The van der Waals surface area contributed by atoms with E-state index in [0.717, 1.165) is 5.56 Å². The first-order valence-corrected chi connectivity index (χ1v) is 14.0. The number of fused-ring (bicyclic) bond motifs is 3. The maximum absolute atomic E-state index is 13.9. The summed E-state index contributed by atoms with van der Waals surface area (Å²) in [6.07, 6.45) is 1.86. The Kier molecular flexibility index (Phi) is 7.22. The lowest BCUT2D eigenvalue weighted by atomic mass is 9.58. The van der Waals surface area contributed by atoms with Crippen LogP contribution in [0.4, 0.5) is 5.69 Å². The van der Waals surface area contributed by atoms with E-state index in [9.17, 15) is 34.8 Å². The fraction of sp³-hybridized carbons (Fsp3) is 0.375. The third kappa shape index (κ3) is 4.78. The average molecular weight is 589 g/mol. The number of nitrogens with zero attached hydrogens (tertiary/aromatic N) is 2.